The van der Waals surface area contributed by atoms with Crippen molar-refractivity contribution in [3.05, 3.63) is 29.6 Å². The van der Waals surface area contributed by atoms with E-state index in [1.165, 1.54) is 18.2 Å². The van der Waals surface area contributed by atoms with Crippen molar-refractivity contribution in [2.75, 3.05) is 10.5 Å². The van der Waals surface area contributed by atoms with Crippen LogP contribution >= 0.6 is 12.2 Å². The second-order valence-electron chi connectivity index (χ2n) is 3.29. The number of halogens is 1. The molecule has 1 rings (SSSR count). The Labute approximate surface area is 98.7 Å². The summed E-state index contributed by atoms with van der Waals surface area (Å²) < 4.78 is 38.0. The third-order valence-corrected chi connectivity index (χ3v) is 3.34. The van der Waals surface area contributed by atoms with Crippen molar-refractivity contribution >= 4 is 32.9 Å². The maximum absolute atomic E-state index is 12.8. The normalized spacial score (nSPS) is 11.1. The Kier molecular flexibility index (Phi) is 3.82. The highest BCUT2D eigenvalue weighted by Gasteiger charge is 2.13. The van der Waals surface area contributed by atoms with E-state index in [0.29, 0.717) is 11.3 Å². The van der Waals surface area contributed by atoms with Crippen molar-refractivity contribution < 1.29 is 12.8 Å². The molecule has 0 aliphatic rings. The van der Waals surface area contributed by atoms with Crippen molar-refractivity contribution in [1.82, 2.24) is 0 Å². The lowest BCUT2D eigenvalue weighted by molar-refractivity contribution is 0.604. The monoisotopic (exact) mass is 262 g/mol. The highest BCUT2D eigenvalue weighted by atomic mass is 32.2. The molecular weight excluding hydrogens is 251 g/mol. The number of thiocarbonyl (C=S) groups is 1. The summed E-state index contributed by atoms with van der Waals surface area (Å²) in [5.41, 5.74) is 5.96. The number of nitrogens with one attached hydrogen (secondary N) is 1. The number of rotatable bonds is 4. The molecule has 1 aromatic carbocycles. The first kappa shape index (κ1) is 12.9. The van der Waals surface area contributed by atoms with Crippen molar-refractivity contribution in [1.29, 1.82) is 0 Å². The number of hydrogen-bond acceptors (Lipinski definition) is 3. The molecule has 3 N–H and O–H groups in total. The van der Waals surface area contributed by atoms with Crippen LogP contribution in [0.2, 0.25) is 0 Å². The van der Waals surface area contributed by atoms with Gasteiger partial charge in [-0.05, 0) is 30.7 Å². The zero-order valence-electron chi connectivity index (χ0n) is 8.53. The van der Waals surface area contributed by atoms with E-state index in [1.807, 2.05) is 0 Å². The third-order valence-electron chi connectivity index (χ3n) is 1.79. The third kappa shape index (κ3) is 3.74. The molecule has 0 unspecified atom stereocenters. The first-order chi connectivity index (χ1) is 7.30. The van der Waals surface area contributed by atoms with Crippen LogP contribution in [0.25, 0.3) is 0 Å². The van der Waals surface area contributed by atoms with Gasteiger partial charge in [0.2, 0.25) is 10.0 Å². The summed E-state index contributed by atoms with van der Waals surface area (Å²) >= 11 is 4.51. The van der Waals surface area contributed by atoms with E-state index in [4.69, 9.17) is 5.73 Å². The van der Waals surface area contributed by atoms with E-state index in [1.54, 1.807) is 6.92 Å². The van der Waals surface area contributed by atoms with E-state index >= 15 is 0 Å². The Morgan fingerprint density at radius 1 is 1.56 bits per heavy atom. The van der Waals surface area contributed by atoms with Gasteiger partial charge in [0.25, 0.3) is 0 Å². The first-order valence-corrected chi connectivity index (χ1v) is 6.41. The molecule has 0 saturated heterocycles. The second-order valence-corrected chi connectivity index (χ2v) is 5.53. The average Bonchev–Trinajstić information content (AvgIpc) is 2.07. The van der Waals surface area contributed by atoms with Crippen molar-refractivity contribution in [3.63, 3.8) is 0 Å². The lowest BCUT2D eigenvalue weighted by atomic mass is 10.2. The van der Waals surface area contributed by atoms with Crippen LogP contribution in [0.4, 0.5) is 10.1 Å². The van der Waals surface area contributed by atoms with Gasteiger partial charge in [0, 0.05) is 0 Å². The number of anilines is 1. The summed E-state index contributed by atoms with van der Waals surface area (Å²) in [6, 6.07) is 3.76. The predicted molar refractivity (Wildman–Crippen MR) is 65.3 cm³/mol. The minimum absolute atomic E-state index is 0.118. The smallest absolute Gasteiger partial charge is 0.239 e. The van der Waals surface area contributed by atoms with Gasteiger partial charge in [-0.25, -0.2) is 12.8 Å². The summed E-state index contributed by atoms with van der Waals surface area (Å²) in [7, 11) is -3.61. The van der Waals surface area contributed by atoms with E-state index in [-0.39, 0.29) is 4.99 Å². The van der Waals surface area contributed by atoms with E-state index in [9.17, 15) is 12.8 Å². The lowest BCUT2D eigenvalue weighted by Crippen LogP contribution is -2.26. The fourth-order valence-electron chi connectivity index (χ4n) is 1.13. The zero-order chi connectivity index (χ0) is 12.3. The minimum atomic E-state index is -3.61. The van der Waals surface area contributed by atoms with Gasteiger partial charge in [0.15, 0.2) is 0 Å². The molecule has 0 radical (unpaired) electrons. The van der Waals surface area contributed by atoms with Crippen LogP contribution in [0, 0.1) is 12.7 Å². The maximum Gasteiger partial charge on any atom is 0.239 e. The van der Waals surface area contributed by atoms with E-state index in [2.05, 4.69) is 16.9 Å². The van der Waals surface area contributed by atoms with Crippen molar-refractivity contribution in [3.8, 4) is 0 Å². The molecule has 7 heteroatoms. The molecule has 0 heterocycles. The molecule has 4 nitrogen and oxygen atoms in total. The molecule has 0 fully saturated rings. The van der Waals surface area contributed by atoms with Gasteiger partial charge >= 0.3 is 0 Å². The zero-order valence-corrected chi connectivity index (χ0v) is 10.2. The quantitative estimate of drug-likeness (QED) is 0.799. The van der Waals surface area contributed by atoms with Gasteiger partial charge < -0.3 is 5.73 Å². The SMILES string of the molecule is Cc1cc(F)ccc1NS(=O)(=O)CC(N)=S. The summed E-state index contributed by atoms with van der Waals surface area (Å²) in [5.74, 6) is -0.853. The molecule has 0 aromatic heterocycles. The molecule has 0 saturated carbocycles. The second kappa shape index (κ2) is 4.75. The Hall–Kier alpha value is -1.21. The molecule has 0 aliphatic carbocycles. The van der Waals surface area contributed by atoms with Gasteiger partial charge in [0.1, 0.15) is 11.6 Å². The van der Waals surface area contributed by atoms with Gasteiger partial charge in [-0.15, -0.1) is 0 Å². The van der Waals surface area contributed by atoms with Gasteiger partial charge in [-0.3, -0.25) is 4.72 Å². The van der Waals surface area contributed by atoms with Crippen LogP contribution < -0.4 is 10.5 Å². The van der Waals surface area contributed by atoms with Crippen LogP contribution in [0.5, 0.6) is 0 Å². The molecule has 0 aliphatic heterocycles. The van der Waals surface area contributed by atoms with E-state index in [0.717, 1.165) is 0 Å². The highest BCUT2D eigenvalue weighted by Crippen LogP contribution is 2.17. The van der Waals surface area contributed by atoms with Gasteiger partial charge in [0.05, 0.1) is 10.7 Å². The van der Waals surface area contributed by atoms with Crippen LogP contribution in [0.1, 0.15) is 5.56 Å². The van der Waals surface area contributed by atoms with Crippen LogP contribution in [0.15, 0.2) is 18.2 Å². The van der Waals surface area contributed by atoms with Crippen LogP contribution in [-0.2, 0) is 10.0 Å². The standard InChI is InChI=1S/C9H11FN2O2S2/c1-6-4-7(10)2-3-8(6)12-16(13,14)5-9(11)15/h2-4,12H,5H2,1H3,(H2,11,15). The Bertz CT molecular complexity index is 514. The average molecular weight is 262 g/mol. The minimum Gasteiger partial charge on any atom is -0.392 e. The molecule has 0 amide bonds. The van der Waals surface area contributed by atoms with Crippen molar-refractivity contribution in [2.45, 2.75) is 6.92 Å². The lowest BCUT2D eigenvalue weighted by Gasteiger charge is -2.09. The fraction of sp³-hybridized carbons (Fsp3) is 0.222. The molecule has 88 valence electrons. The van der Waals surface area contributed by atoms with Crippen LogP contribution in [0.3, 0.4) is 0 Å². The summed E-state index contributed by atoms with van der Waals surface area (Å²) in [5, 5.41) is 0. The van der Waals surface area contributed by atoms with Gasteiger partial charge in [-0.1, -0.05) is 12.2 Å². The topological polar surface area (TPSA) is 72.2 Å². The summed E-state index contributed by atoms with van der Waals surface area (Å²) in [6.07, 6.45) is 0. The number of sulfonamides is 1. The summed E-state index contributed by atoms with van der Waals surface area (Å²) in [4.78, 5) is -0.118. The molecule has 16 heavy (non-hydrogen) atoms. The van der Waals surface area contributed by atoms with Crippen molar-refractivity contribution in [2.24, 2.45) is 5.73 Å². The van der Waals surface area contributed by atoms with Gasteiger partial charge in [-0.2, -0.15) is 0 Å². The Morgan fingerprint density at radius 3 is 2.69 bits per heavy atom. The first-order valence-electron chi connectivity index (χ1n) is 4.35. The molecule has 1 aromatic rings. The predicted octanol–water partition coefficient (Wildman–Crippen LogP) is 1.16. The molecule has 0 bridgehead atoms. The number of nitrogens with two attached hydrogens (primary N) is 1. The number of benzene rings is 1. The number of hydrogen-bond donors (Lipinski definition) is 2. The molecule has 0 atom stereocenters. The summed E-state index contributed by atoms with van der Waals surface area (Å²) in [6.45, 7) is 1.60. The molecule has 0 spiro atoms. The van der Waals surface area contributed by atoms with Crippen LogP contribution in [-0.4, -0.2) is 19.2 Å². The Morgan fingerprint density at radius 2 is 2.19 bits per heavy atom. The Balaban J connectivity index is 2.92. The highest BCUT2D eigenvalue weighted by molar-refractivity contribution is 7.95. The van der Waals surface area contributed by atoms with E-state index < -0.39 is 21.6 Å². The number of aryl methyl sites for hydroxylation is 1. The largest absolute Gasteiger partial charge is 0.392 e. The molecular formula is C9H11FN2O2S2. The maximum atomic E-state index is 12.8. The fourth-order valence-corrected chi connectivity index (χ4v) is 2.61.